The number of hydrogen-bond acceptors (Lipinski definition) is 5. The highest BCUT2D eigenvalue weighted by atomic mass is 16.1. The molecule has 0 aliphatic carbocycles. The Labute approximate surface area is 223 Å². The van der Waals surface area contributed by atoms with E-state index in [4.69, 9.17) is 10.7 Å². The smallest absolute Gasteiger partial charge is 0.251 e. The van der Waals surface area contributed by atoms with Crippen LogP contribution in [0, 0.1) is 13.8 Å². The molecule has 0 saturated carbocycles. The molecule has 8 nitrogen and oxygen atoms in total. The molecule has 0 spiro atoms. The summed E-state index contributed by atoms with van der Waals surface area (Å²) in [5.74, 6) is 0.473. The van der Waals surface area contributed by atoms with Crippen molar-refractivity contribution >= 4 is 22.6 Å². The van der Waals surface area contributed by atoms with Gasteiger partial charge < -0.3 is 25.1 Å². The number of carbonyl (C=O) groups excluding carboxylic acids is 1. The third-order valence-electron chi connectivity index (χ3n) is 7.60. The monoisotopic (exact) mass is 512 g/mol. The maximum Gasteiger partial charge on any atom is 0.251 e. The van der Waals surface area contributed by atoms with Crippen molar-refractivity contribution in [1.82, 2.24) is 19.4 Å². The molecule has 1 aromatic carbocycles. The standard InChI is InChI=1S/C30H36N6O2/c1-18(2)36-17-23(14-24-19(3)12-20(4)33-30(24)38)28-25(29(31)37)13-22(15-26(28)36)21-6-7-27(32-16-21)35-10-8-34(5)9-11-35/h6-7,12-13,15-18H,8-11,14H2,1-5H3,(H2,31,37)(H,33,38). The topological polar surface area (TPSA) is 100 Å². The SMILES string of the molecule is Cc1cc(C)c(Cc2cn(C(C)C)c3cc(-c4ccc(N5CCN(C)CC5)nc4)cc(C(N)=O)c23)c(=O)[nH]1. The van der Waals surface area contributed by atoms with Gasteiger partial charge in [-0.2, -0.15) is 0 Å². The first-order valence-electron chi connectivity index (χ1n) is 13.2. The molecule has 4 heterocycles. The van der Waals surface area contributed by atoms with E-state index in [-0.39, 0.29) is 11.6 Å². The maximum absolute atomic E-state index is 12.8. The number of carbonyl (C=O) groups is 1. The van der Waals surface area contributed by atoms with Gasteiger partial charge in [-0.05, 0) is 81.8 Å². The normalized spacial score (nSPS) is 14.5. The van der Waals surface area contributed by atoms with E-state index < -0.39 is 5.91 Å². The molecule has 1 amide bonds. The third-order valence-corrected chi connectivity index (χ3v) is 7.60. The Hall–Kier alpha value is -3.91. The molecule has 1 aliphatic heterocycles. The van der Waals surface area contributed by atoms with Gasteiger partial charge in [-0.1, -0.05) is 0 Å². The summed E-state index contributed by atoms with van der Waals surface area (Å²) in [6, 6.07) is 10.2. The molecule has 3 N–H and O–H groups in total. The molecule has 3 aromatic heterocycles. The van der Waals surface area contributed by atoms with E-state index in [0.29, 0.717) is 17.5 Å². The largest absolute Gasteiger partial charge is 0.366 e. The van der Waals surface area contributed by atoms with Gasteiger partial charge in [0.05, 0.1) is 0 Å². The quantitative estimate of drug-likeness (QED) is 0.406. The number of nitrogens with zero attached hydrogens (tertiary/aromatic N) is 4. The summed E-state index contributed by atoms with van der Waals surface area (Å²) in [7, 11) is 2.14. The Morgan fingerprint density at radius 3 is 2.42 bits per heavy atom. The summed E-state index contributed by atoms with van der Waals surface area (Å²) in [6.45, 7) is 12.0. The molecule has 0 radical (unpaired) electrons. The summed E-state index contributed by atoms with van der Waals surface area (Å²) >= 11 is 0. The number of aromatic amines is 1. The summed E-state index contributed by atoms with van der Waals surface area (Å²) in [6.07, 6.45) is 4.34. The lowest BCUT2D eigenvalue weighted by molar-refractivity contribution is 0.100. The molecule has 198 valence electrons. The Balaban J connectivity index is 1.60. The molecule has 1 saturated heterocycles. The zero-order valence-corrected chi connectivity index (χ0v) is 22.8. The first-order chi connectivity index (χ1) is 18.1. The van der Waals surface area contributed by atoms with E-state index >= 15 is 0 Å². The lowest BCUT2D eigenvalue weighted by Crippen LogP contribution is -2.44. The molecule has 0 unspecified atom stereocenters. The number of nitrogens with one attached hydrogen (secondary N) is 1. The second-order valence-electron chi connectivity index (χ2n) is 10.8. The second-order valence-corrected chi connectivity index (χ2v) is 10.8. The van der Waals surface area contributed by atoms with Crippen LogP contribution in [0.5, 0.6) is 0 Å². The average molecular weight is 513 g/mol. The van der Waals surface area contributed by atoms with Crippen LogP contribution in [0.3, 0.4) is 0 Å². The summed E-state index contributed by atoms with van der Waals surface area (Å²) in [4.78, 5) is 37.8. The van der Waals surface area contributed by atoms with Crippen LogP contribution < -0.4 is 16.2 Å². The minimum Gasteiger partial charge on any atom is -0.366 e. The van der Waals surface area contributed by atoms with Crippen LogP contribution >= 0.6 is 0 Å². The van der Waals surface area contributed by atoms with Gasteiger partial charge in [0.25, 0.3) is 5.56 Å². The molecule has 4 aromatic rings. The molecule has 38 heavy (non-hydrogen) atoms. The number of primary amides is 1. The highest BCUT2D eigenvalue weighted by molar-refractivity contribution is 6.09. The number of piperazine rings is 1. The zero-order chi connectivity index (χ0) is 27.1. The predicted molar refractivity (Wildman–Crippen MR) is 153 cm³/mol. The number of rotatable bonds is 6. The first kappa shape index (κ1) is 25.7. The highest BCUT2D eigenvalue weighted by Gasteiger charge is 2.21. The van der Waals surface area contributed by atoms with Crippen molar-refractivity contribution in [3.8, 4) is 11.1 Å². The van der Waals surface area contributed by atoms with E-state index in [1.807, 2.05) is 38.2 Å². The minimum absolute atomic E-state index is 0.100. The van der Waals surface area contributed by atoms with E-state index in [1.165, 1.54) is 0 Å². The van der Waals surface area contributed by atoms with Crippen LogP contribution in [0.4, 0.5) is 5.82 Å². The van der Waals surface area contributed by atoms with Crippen LogP contribution in [0.25, 0.3) is 22.0 Å². The fourth-order valence-corrected chi connectivity index (χ4v) is 5.46. The number of anilines is 1. The molecule has 1 fully saturated rings. The van der Waals surface area contributed by atoms with E-state index in [9.17, 15) is 9.59 Å². The van der Waals surface area contributed by atoms with Crippen LogP contribution in [-0.4, -0.2) is 58.6 Å². The van der Waals surface area contributed by atoms with Crippen molar-refractivity contribution in [2.24, 2.45) is 5.73 Å². The number of amides is 1. The lowest BCUT2D eigenvalue weighted by atomic mass is 9.95. The number of nitrogens with two attached hydrogens (primary N) is 1. The van der Waals surface area contributed by atoms with Crippen LogP contribution in [-0.2, 0) is 6.42 Å². The number of hydrogen-bond donors (Lipinski definition) is 2. The van der Waals surface area contributed by atoms with E-state index in [0.717, 1.165) is 70.8 Å². The molecule has 1 aliphatic rings. The van der Waals surface area contributed by atoms with E-state index in [2.05, 4.69) is 58.6 Å². The number of likely N-dealkylation sites (N-methyl/N-ethyl adjacent to an activating group) is 1. The predicted octanol–water partition coefficient (Wildman–Crippen LogP) is 4.03. The van der Waals surface area contributed by atoms with Crippen molar-refractivity contribution in [3.63, 3.8) is 0 Å². The molecule has 5 rings (SSSR count). The van der Waals surface area contributed by atoms with Crippen molar-refractivity contribution in [2.45, 2.75) is 40.2 Å². The number of aryl methyl sites for hydroxylation is 2. The van der Waals surface area contributed by atoms with Gasteiger partial charge in [-0.25, -0.2) is 4.98 Å². The van der Waals surface area contributed by atoms with Crippen LogP contribution in [0.1, 0.15) is 52.6 Å². The maximum atomic E-state index is 12.8. The fraction of sp³-hybridized carbons (Fsp3) is 0.367. The summed E-state index contributed by atoms with van der Waals surface area (Å²) in [5, 5.41) is 0.802. The van der Waals surface area contributed by atoms with Crippen LogP contribution in [0.15, 0.2) is 47.5 Å². The molecule has 0 bridgehead atoms. The van der Waals surface area contributed by atoms with Gasteiger partial charge in [0.15, 0.2) is 0 Å². The number of pyridine rings is 2. The summed E-state index contributed by atoms with van der Waals surface area (Å²) < 4.78 is 2.16. The molecular weight excluding hydrogens is 476 g/mol. The van der Waals surface area contributed by atoms with Gasteiger partial charge in [0, 0.05) is 84.3 Å². The van der Waals surface area contributed by atoms with Crippen LogP contribution in [0.2, 0.25) is 0 Å². The number of H-pyrrole nitrogens is 1. The molecule has 8 heteroatoms. The van der Waals surface area contributed by atoms with Crippen molar-refractivity contribution in [1.29, 1.82) is 0 Å². The lowest BCUT2D eigenvalue weighted by Gasteiger charge is -2.33. The number of aromatic nitrogens is 3. The van der Waals surface area contributed by atoms with Gasteiger partial charge in [0.2, 0.25) is 5.91 Å². The van der Waals surface area contributed by atoms with Crippen molar-refractivity contribution < 1.29 is 4.79 Å². The minimum atomic E-state index is -0.490. The second kappa shape index (κ2) is 10.1. The van der Waals surface area contributed by atoms with Gasteiger partial charge in [0.1, 0.15) is 5.82 Å². The zero-order valence-electron chi connectivity index (χ0n) is 22.8. The Morgan fingerprint density at radius 1 is 1.08 bits per heavy atom. The first-order valence-corrected chi connectivity index (χ1v) is 13.2. The number of benzene rings is 1. The fourth-order valence-electron chi connectivity index (χ4n) is 5.46. The molecular formula is C30H36N6O2. The van der Waals surface area contributed by atoms with Gasteiger partial charge in [-0.15, -0.1) is 0 Å². The van der Waals surface area contributed by atoms with Gasteiger partial charge >= 0.3 is 0 Å². The Kier molecular flexibility index (Phi) is 6.84. The average Bonchev–Trinajstić information content (AvgIpc) is 3.25. The third kappa shape index (κ3) is 4.84. The highest BCUT2D eigenvalue weighted by Crippen LogP contribution is 2.34. The van der Waals surface area contributed by atoms with Crippen molar-refractivity contribution in [2.75, 3.05) is 38.1 Å². The Bertz CT molecular complexity index is 1560. The van der Waals surface area contributed by atoms with E-state index in [1.54, 1.807) is 0 Å². The van der Waals surface area contributed by atoms with Crippen molar-refractivity contribution in [3.05, 3.63) is 81.0 Å². The molecule has 0 atom stereocenters. The number of fused-ring (bicyclic) bond motifs is 1. The Morgan fingerprint density at radius 2 is 1.82 bits per heavy atom. The van der Waals surface area contributed by atoms with Gasteiger partial charge in [-0.3, -0.25) is 9.59 Å². The summed E-state index contributed by atoms with van der Waals surface area (Å²) in [5.41, 5.74) is 12.4.